The van der Waals surface area contributed by atoms with Crippen molar-refractivity contribution in [2.75, 3.05) is 7.11 Å². The summed E-state index contributed by atoms with van der Waals surface area (Å²) in [5.74, 6) is -0.706. The first-order chi connectivity index (χ1) is 12.4. The van der Waals surface area contributed by atoms with Crippen LogP contribution in [0.25, 0.3) is 10.2 Å². The fourth-order valence-corrected chi connectivity index (χ4v) is 4.15. The monoisotopic (exact) mass is 368 g/mol. The number of thiazole rings is 1. The number of rotatable bonds is 3. The number of carbonyl (C=O) groups excluding carboxylic acids is 2. The maximum absolute atomic E-state index is 12.6. The molecular weight excluding hydrogens is 348 g/mol. The predicted octanol–water partition coefficient (Wildman–Crippen LogP) is 3.54. The van der Waals surface area contributed by atoms with Gasteiger partial charge in [-0.05, 0) is 50.1 Å². The van der Waals surface area contributed by atoms with Crippen LogP contribution in [-0.2, 0) is 16.1 Å². The van der Waals surface area contributed by atoms with Gasteiger partial charge in [0.15, 0.2) is 4.80 Å². The Hall–Kier alpha value is -2.73. The number of fused-ring (bicyclic) bond motifs is 1. The summed E-state index contributed by atoms with van der Waals surface area (Å²) in [5.41, 5.74) is 4.58. The molecule has 5 nitrogen and oxygen atoms in total. The second-order valence-electron chi connectivity index (χ2n) is 6.26. The Kier molecular flexibility index (Phi) is 5.04. The first-order valence-electron chi connectivity index (χ1n) is 8.22. The van der Waals surface area contributed by atoms with Crippen molar-refractivity contribution in [2.24, 2.45) is 4.99 Å². The molecule has 6 heteroatoms. The summed E-state index contributed by atoms with van der Waals surface area (Å²) in [7, 11) is 1.35. The molecule has 3 rings (SSSR count). The van der Waals surface area contributed by atoms with Gasteiger partial charge < -0.3 is 9.30 Å². The number of hydrogen-bond acceptors (Lipinski definition) is 4. The normalized spacial score (nSPS) is 11.8. The zero-order valence-corrected chi connectivity index (χ0v) is 16.0. The van der Waals surface area contributed by atoms with Crippen molar-refractivity contribution in [3.63, 3.8) is 0 Å². The molecule has 3 aromatic rings. The molecule has 0 spiro atoms. The minimum atomic E-state index is -0.380. The molecule has 134 valence electrons. The van der Waals surface area contributed by atoms with Crippen molar-refractivity contribution in [1.29, 1.82) is 0 Å². The van der Waals surface area contributed by atoms with Crippen LogP contribution in [0.1, 0.15) is 27.0 Å². The number of methoxy groups -OCH3 is 1. The molecule has 0 fully saturated rings. The SMILES string of the molecule is COC(=O)Cn1c(=NC(=O)c2cccc(C)c2)sc2cc(C)cc(C)c21. The summed E-state index contributed by atoms with van der Waals surface area (Å²) in [6.07, 6.45) is 0. The van der Waals surface area contributed by atoms with Crippen LogP contribution in [0.3, 0.4) is 0 Å². The highest BCUT2D eigenvalue weighted by Gasteiger charge is 2.14. The van der Waals surface area contributed by atoms with Crippen molar-refractivity contribution < 1.29 is 14.3 Å². The van der Waals surface area contributed by atoms with Gasteiger partial charge in [0.1, 0.15) is 6.54 Å². The molecule has 26 heavy (non-hydrogen) atoms. The van der Waals surface area contributed by atoms with Crippen molar-refractivity contribution in [1.82, 2.24) is 4.57 Å². The largest absolute Gasteiger partial charge is 0.468 e. The molecule has 0 aliphatic rings. The van der Waals surface area contributed by atoms with Crippen LogP contribution in [-0.4, -0.2) is 23.6 Å². The zero-order chi connectivity index (χ0) is 18.8. The van der Waals surface area contributed by atoms with Gasteiger partial charge in [-0.3, -0.25) is 9.59 Å². The van der Waals surface area contributed by atoms with E-state index in [-0.39, 0.29) is 18.4 Å². The van der Waals surface area contributed by atoms with E-state index in [4.69, 9.17) is 4.74 Å². The van der Waals surface area contributed by atoms with Gasteiger partial charge in [-0.1, -0.05) is 35.1 Å². The Balaban J connectivity index is 2.20. The van der Waals surface area contributed by atoms with Crippen LogP contribution in [0.15, 0.2) is 41.4 Å². The van der Waals surface area contributed by atoms with Gasteiger partial charge in [0, 0.05) is 5.56 Å². The number of nitrogens with zero attached hydrogens (tertiary/aromatic N) is 2. The number of amides is 1. The van der Waals surface area contributed by atoms with Crippen LogP contribution < -0.4 is 4.80 Å². The predicted molar refractivity (Wildman–Crippen MR) is 102 cm³/mol. The number of benzene rings is 2. The van der Waals surface area contributed by atoms with Crippen molar-refractivity contribution in [2.45, 2.75) is 27.3 Å². The molecule has 1 aromatic heterocycles. The molecule has 0 saturated carbocycles. The van der Waals surface area contributed by atoms with E-state index < -0.39 is 0 Å². The quantitative estimate of drug-likeness (QED) is 0.664. The van der Waals surface area contributed by atoms with Gasteiger partial charge in [0.2, 0.25) is 0 Å². The number of carbonyl (C=O) groups is 2. The summed E-state index contributed by atoms with van der Waals surface area (Å²) in [6, 6.07) is 11.4. The maximum atomic E-state index is 12.6. The van der Waals surface area contributed by atoms with Crippen molar-refractivity contribution >= 4 is 33.4 Å². The molecule has 0 saturated heterocycles. The Morgan fingerprint density at radius 3 is 2.58 bits per heavy atom. The second kappa shape index (κ2) is 7.25. The van der Waals surface area contributed by atoms with Crippen LogP contribution in [0.5, 0.6) is 0 Å². The molecule has 1 amide bonds. The third kappa shape index (κ3) is 3.60. The van der Waals surface area contributed by atoms with Gasteiger partial charge in [-0.2, -0.15) is 4.99 Å². The van der Waals surface area contributed by atoms with E-state index in [1.807, 2.05) is 39.0 Å². The van der Waals surface area contributed by atoms with E-state index in [1.165, 1.54) is 18.4 Å². The van der Waals surface area contributed by atoms with Crippen LogP contribution in [0.4, 0.5) is 0 Å². The Bertz CT molecular complexity index is 1080. The minimum absolute atomic E-state index is 0.0142. The van der Waals surface area contributed by atoms with E-state index in [2.05, 4.69) is 11.1 Å². The molecule has 0 radical (unpaired) electrons. The van der Waals surface area contributed by atoms with Crippen LogP contribution in [0.2, 0.25) is 0 Å². The lowest BCUT2D eigenvalue weighted by atomic mass is 10.1. The van der Waals surface area contributed by atoms with E-state index >= 15 is 0 Å². The lowest BCUT2D eigenvalue weighted by molar-refractivity contribution is -0.141. The highest BCUT2D eigenvalue weighted by Crippen LogP contribution is 2.23. The van der Waals surface area contributed by atoms with E-state index in [1.54, 1.807) is 16.7 Å². The highest BCUT2D eigenvalue weighted by molar-refractivity contribution is 7.16. The average molecular weight is 368 g/mol. The zero-order valence-electron chi connectivity index (χ0n) is 15.2. The molecule has 0 N–H and O–H groups in total. The standard InChI is InChI=1S/C20H20N2O3S/c1-12-6-5-7-15(9-12)19(24)21-20-22(11-17(23)25-4)18-14(3)8-13(2)10-16(18)26-20/h5-10H,11H2,1-4H3. The molecule has 0 aliphatic carbocycles. The molecule has 0 aliphatic heterocycles. The molecule has 0 unspecified atom stereocenters. The lowest BCUT2D eigenvalue weighted by Gasteiger charge is -2.06. The number of aryl methyl sites for hydroxylation is 3. The molecule has 2 aromatic carbocycles. The van der Waals surface area contributed by atoms with Gasteiger partial charge in [-0.25, -0.2) is 0 Å². The van der Waals surface area contributed by atoms with Gasteiger partial charge in [0.25, 0.3) is 5.91 Å². The number of ether oxygens (including phenoxy) is 1. The summed E-state index contributed by atoms with van der Waals surface area (Å²) >= 11 is 1.40. The first kappa shape index (κ1) is 18.1. The van der Waals surface area contributed by atoms with Crippen LogP contribution in [0, 0.1) is 20.8 Å². The van der Waals surface area contributed by atoms with E-state index in [0.29, 0.717) is 10.4 Å². The molecule has 1 heterocycles. The molecule has 0 bridgehead atoms. The van der Waals surface area contributed by atoms with Gasteiger partial charge in [0.05, 0.1) is 17.3 Å². The van der Waals surface area contributed by atoms with Gasteiger partial charge >= 0.3 is 5.97 Å². The lowest BCUT2D eigenvalue weighted by Crippen LogP contribution is -2.22. The fourth-order valence-electron chi connectivity index (χ4n) is 2.95. The summed E-state index contributed by atoms with van der Waals surface area (Å²) in [6.45, 7) is 5.95. The smallest absolute Gasteiger partial charge is 0.325 e. The Morgan fingerprint density at radius 1 is 1.12 bits per heavy atom. The second-order valence-corrected chi connectivity index (χ2v) is 7.27. The van der Waals surface area contributed by atoms with E-state index in [0.717, 1.165) is 26.9 Å². The number of hydrogen-bond donors (Lipinski definition) is 0. The summed E-state index contributed by atoms with van der Waals surface area (Å²) < 4.78 is 7.56. The number of esters is 1. The molecule has 0 atom stereocenters. The number of aromatic nitrogens is 1. The van der Waals surface area contributed by atoms with Crippen molar-refractivity contribution in [3.8, 4) is 0 Å². The van der Waals surface area contributed by atoms with Crippen molar-refractivity contribution in [3.05, 3.63) is 63.5 Å². The maximum Gasteiger partial charge on any atom is 0.325 e. The molecular formula is C20H20N2O3S. The third-order valence-corrected chi connectivity index (χ3v) is 5.11. The van der Waals surface area contributed by atoms with Crippen LogP contribution >= 0.6 is 11.3 Å². The third-order valence-electron chi connectivity index (χ3n) is 4.09. The minimum Gasteiger partial charge on any atom is -0.468 e. The summed E-state index contributed by atoms with van der Waals surface area (Å²) in [4.78, 5) is 29.3. The summed E-state index contributed by atoms with van der Waals surface area (Å²) in [5, 5.41) is 0. The Labute approximate surface area is 155 Å². The Morgan fingerprint density at radius 2 is 1.88 bits per heavy atom. The van der Waals surface area contributed by atoms with Gasteiger partial charge in [-0.15, -0.1) is 0 Å². The average Bonchev–Trinajstić information content (AvgIpc) is 2.91. The topological polar surface area (TPSA) is 60.7 Å². The first-order valence-corrected chi connectivity index (χ1v) is 9.04. The highest BCUT2D eigenvalue weighted by atomic mass is 32.1. The van der Waals surface area contributed by atoms with E-state index in [9.17, 15) is 9.59 Å². The fraction of sp³-hybridized carbons (Fsp3) is 0.250.